The molecule has 3 aromatic heterocycles. The highest BCUT2D eigenvalue weighted by molar-refractivity contribution is 5.70. The summed E-state index contributed by atoms with van der Waals surface area (Å²) in [6.45, 7) is 1.75. The van der Waals surface area contributed by atoms with Crippen LogP contribution in [0.4, 0.5) is 8.78 Å². The van der Waals surface area contributed by atoms with E-state index >= 15 is 0 Å². The SMILES string of the molecule is Cc1nc(-c2nnn(C)c2COc2nccc(C(F)F)n2)ccc1O[C@H]1CCC[C@H](C(=O)O)C1. The third kappa shape index (κ3) is 5.26. The van der Waals surface area contributed by atoms with E-state index in [-0.39, 0.29) is 24.6 Å². The number of rotatable bonds is 8. The first-order valence-electron chi connectivity index (χ1n) is 10.8. The van der Waals surface area contributed by atoms with Crippen molar-refractivity contribution in [2.45, 2.75) is 51.7 Å². The third-order valence-corrected chi connectivity index (χ3v) is 5.71. The number of pyridine rings is 1. The Hall–Kier alpha value is -3.70. The minimum Gasteiger partial charge on any atom is -0.489 e. The van der Waals surface area contributed by atoms with Crippen LogP contribution in [0, 0.1) is 12.8 Å². The van der Waals surface area contributed by atoms with Crippen LogP contribution in [-0.4, -0.2) is 47.1 Å². The fourth-order valence-corrected chi connectivity index (χ4v) is 3.88. The molecule has 34 heavy (non-hydrogen) atoms. The van der Waals surface area contributed by atoms with E-state index in [2.05, 4.69) is 25.3 Å². The number of hydrogen-bond donors (Lipinski definition) is 1. The number of aliphatic carboxylic acids is 1. The summed E-state index contributed by atoms with van der Waals surface area (Å²) in [5, 5.41) is 17.5. The third-order valence-electron chi connectivity index (χ3n) is 5.71. The first-order chi connectivity index (χ1) is 16.3. The molecule has 1 aliphatic carbocycles. The van der Waals surface area contributed by atoms with Crippen LogP contribution < -0.4 is 9.47 Å². The van der Waals surface area contributed by atoms with E-state index in [9.17, 15) is 18.7 Å². The van der Waals surface area contributed by atoms with Crippen molar-refractivity contribution in [2.24, 2.45) is 13.0 Å². The minimum atomic E-state index is -2.73. The Bertz CT molecular complexity index is 1170. The fraction of sp³-hybridized carbons (Fsp3) is 0.455. The van der Waals surface area contributed by atoms with Crippen LogP contribution in [0.1, 0.15) is 49.2 Å². The smallest absolute Gasteiger partial charge is 0.317 e. The molecule has 1 saturated carbocycles. The monoisotopic (exact) mass is 474 g/mol. The number of hydrogen-bond acceptors (Lipinski definition) is 8. The van der Waals surface area contributed by atoms with Gasteiger partial charge in [0.15, 0.2) is 0 Å². The number of carbonyl (C=O) groups is 1. The lowest BCUT2D eigenvalue weighted by atomic mass is 9.87. The van der Waals surface area contributed by atoms with Gasteiger partial charge in [0.1, 0.15) is 29.4 Å². The molecule has 4 rings (SSSR count). The molecule has 10 nitrogen and oxygen atoms in total. The molecule has 12 heteroatoms. The maximum atomic E-state index is 12.9. The molecule has 0 spiro atoms. The Morgan fingerprint density at radius 3 is 2.82 bits per heavy atom. The largest absolute Gasteiger partial charge is 0.489 e. The lowest BCUT2D eigenvalue weighted by molar-refractivity contribution is -0.143. The second-order valence-corrected chi connectivity index (χ2v) is 8.08. The van der Waals surface area contributed by atoms with Gasteiger partial charge in [-0.25, -0.2) is 23.4 Å². The van der Waals surface area contributed by atoms with Crippen molar-refractivity contribution in [3.63, 3.8) is 0 Å². The summed E-state index contributed by atoms with van der Waals surface area (Å²) in [6.07, 6.45) is 1.05. The molecule has 180 valence electrons. The van der Waals surface area contributed by atoms with E-state index < -0.39 is 18.1 Å². The molecule has 0 saturated heterocycles. The van der Waals surface area contributed by atoms with Gasteiger partial charge >= 0.3 is 12.0 Å². The van der Waals surface area contributed by atoms with E-state index in [1.807, 2.05) is 0 Å². The average Bonchev–Trinajstić information content (AvgIpc) is 3.19. The van der Waals surface area contributed by atoms with E-state index in [1.165, 1.54) is 10.9 Å². The van der Waals surface area contributed by atoms with Gasteiger partial charge in [0, 0.05) is 13.2 Å². The van der Waals surface area contributed by atoms with E-state index in [4.69, 9.17) is 9.47 Å². The summed E-state index contributed by atoms with van der Waals surface area (Å²) in [5.41, 5.74) is 1.76. The number of alkyl halides is 2. The predicted molar refractivity (Wildman–Crippen MR) is 114 cm³/mol. The van der Waals surface area contributed by atoms with Gasteiger partial charge in [-0.1, -0.05) is 5.21 Å². The molecule has 0 bridgehead atoms. The van der Waals surface area contributed by atoms with Gasteiger partial charge < -0.3 is 14.6 Å². The molecule has 0 aromatic carbocycles. The van der Waals surface area contributed by atoms with Gasteiger partial charge in [-0.05, 0) is 50.8 Å². The van der Waals surface area contributed by atoms with Crippen molar-refractivity contribution in [3.8, 4) is 23.1 Å². The van der Waals surface area contributed by atoms with Crippen molar-refractivity contribution in [3.05, 3.63) is 41.5 Å². The number of ether oxygens (including phenoxy) is 2. The van der Waals surface area contributed by atoms with Crippen LogP contribution in [0.25, 0.3) is 11.4 Å². The van der Waals surface area contributed by atoms with Crippen LogP contribution in [0.15, 0.2) is 24.4 Å². The maximum absolute atomic E-state index is 12.9. The zero-order valence-corrected chi connectivity index (χ0v) is 18.7. The molecule has 1 aliphatic rings. The predicted octanol–water partition coefficient (Wildman–Crippen LogP) is 3.51. The summed E-state index contributed by atoms with van der Waals surface area (Å²) >= 11 is 0. The van der Waals surface area contributed by atoms with Crippen LogP contribution in [0.2, 0.25) is 0 Å². The van der Waals surface area contributed by atoms with E-state index in [0.29, 0.717) is 41.4 Å². The number of aryl methyl sites for hydroxylation is 2. The van der Waals surface area contributed by atoms with E-state index in [1.54, 1.807) is 26.1 Å². The molecule has 3 heterocycles. The zero-order chi connectivity index (χ0) is 24.2. The summed E-state index contributed by atoms with van der Waals surface area (Å²) < 4.78 is 38.8. The van der Waals surface area contributed by atoms with Crippen molar-refractivity contribution < 1.29 is 28.2 Å². The maximum Gasteiger partial charge on any atom is 0.317 e. The second-order valence-electron chi connectivity index (χ2n) is 8.08. The number of aromatic nitrogens is 6. The molecule has 0 amide bonds. The van der Waals surface area contributed by atoms with E-state index in [0.717, 1.165) is 18.9 Å². The Balaban J connectivity index is 1.48. The van der Waals surface area contributed by atoms with Crippen molar-refractivity contribution in [1.29, 1.82) is 0 Å². The Morgan fingerprint density at radius 1 is 1.26 bits per heavy atom. The van der Waals surface area contributed by atoms with Gasteiger partial charge in [0.25, 0.3) is 6.43 Å². The molecule has 0 radical (unpaired) electrons. The molecule has 2 atom stereocenters. The first kappa shape index (κ1) is 23.5. The second kappa shape index (κ2) is 10.1. The summed E-state index contributed by atoms with van der Waals surface area (Å²) in [5.74, 6) is -0.597. The summed E-state index contributed by atoms with van der Waals surface area (Å²) in [6, 6.07) is 4.46. The van der Waals surface area contributed by atoms with Gasteiger partial charge in [0.05, 0.1) is 23.4 Å². The number of carboxylic acids is 1. The molecule has 1 fully saturated rings. The first-order valence-corrected chi connectivity index (χ1v) is 10.8. The highest BCUT2D eigenvalue weighted by atomic mass is 19.3. The quantitative estimate of drug-likeness (QED) is 0.522. The van der Waals surface area contributed by atoms with Crippen LogP contribution in [-0.2, 0) is 18.4 Å². The Kier molecular flexibility index (Phi) is 6.94. The molecule has 3 aromatic rings. The average molecular weight is 474 g/mol. The van der Waals surface area contributed by atoms with Gasteiger partial charge in [-0.2, -0.15) is 4.98 Å². The van der Waals surface area contributed by atoms with Crippen LogP contribution in [0.5, 0.6) is 11.8 Å². The summed E-state index contributed by atoms with van der Waals surface area (Å²) in [7, 11) is 1.68. The van der Waals surface area contributed by atoms with Crippen LogP contribution in [0.3, 0.4) is 0 Å². The molecule has 1 N–H and O–H groups in total. The van der Waals surface area contributed by atoms with Crippen molar-refractivity contribution in [2.75, 3.05) is 0 Å². The lowest BCUT2D eigenvalue weighted by Gasteiger charge is -2.27. The topological polar surface area (TPSA) is 125 Å². The molecule has 0 unspecified atom stereocenters. The lowest BCUT2D eigenvalue weighted by Crippen LogP contribution is -2.29. The molecule has 0 aliphatic heterocycles. The number of carboxylic acid groups (broad SMARTS) is 1. The normalized spacial score (nSPS) is 18.1. The van der Waals surface area contributed by atoms with Gasteiger partial charge in [-0.3, -0.25) is 4.79 Å². The van der Waals surface area contributed by atoms with Gasteiger partial charge in [0.2, 0.25) is 0 Å². The molecular formula is C22H24F2N6O4. The highest BCUT2D eigenvalue weighted by Crippen LogP contribution is 2.30. The van der Waals surface area contributed by atoms with Crippen LogP contribution >= 0.6 is 0 Å². The summed E-state index contributed by atoms with van der Waals surface area (Å²) in [4.78, 5) is 23.5. The Labute approximate surface area is 194 Å². The zero-order valence-electron chi connectivity index (χ0n) is 18.7. The molecular weight excluding hydrogens is 450 g/mol. The number of nitrogens with zero attached hydrogens (tertiary/aromatic N) is 6. The van der Waals surface area contributed by atoms with Gasteiger partial charge in [-0.15, -0.1) is 5.10 Å². The fourth-order valence-electron chi connectivity index (χ4n) is 3.88. The standard InChI is InChI=1S/C22H24F2N6O4/c1-12-18(34-14-5-3-4-13(10-14)21(31)32)7-6-15(26-12)19-17(30(2)29-28-19)11-33-22-25-9-8-16(27-22)20(23)24/h6-9,13-14,20H,3-5,10-11H2,1-2H3,(H,31,32)/t13-,14-/m0/s1. The highest BCUT2D eigenvalue weighted by Gasteiger charge is 2.28. The minimum absolute atomic E-state index is 0.0524. The van der Waals surface area contributed by atoms with Crippen molar-refractivity contribution >= 4 is 5.97 Å². The van der Waals surface area contributed by atoms with Crippen molar-refractivity contribution in [1.82, 2.24) is 29.9 Å². The number of halogens is 2. The Morgan fingerprint density at radius 2 is 2.09 bits per heavy atom.